The number of rotatable bonds is 5. The Kier molecular flexibility index (Phi) is 5.12. The number of carbonyl (C=O) groups excluding carboxylic acids is 1. The van der Waals surface area contributed by atoms with Crippen molar-refractivity contribution in [3.05, 3.63) is 47.8 Å². The van der Waals surface area contributed by atoms with Crippen LogP contribution in [0.1, 0.15) is 23.7 Å². The van der Waals surface area contributed by atoms with E-state index in [-0.39, 0.29) is 11.7 Å². The van der Waals surface area contributed by atoms with E-state index in [1.807, 2.05) is 13.0 Å². The van der Waals surface area contributed by atoms with Gasteiger partial charge in [0.1, 0.15) is 5.82 Å². The van der Waals surface area contributed by atoms with Crippen LogP contribution in [0, 0.1) is 5.82 Å². The van der Waals surface area contributed by atoms with Crippen LogP contribution in [0.2, 0.25) is 0 Å². The zero-order valence-corrected chi connectivity index (χ0v) is 13.0. The molecule has 0 aliphatic rings. The first-order valence-corrected chi connectivity index (χ1v) is 7.83. The molecule has 0 radical (unpaired) electrons. The van der Waals surface area contributed by atoms with E-state index >= 15 is 0 Å². The predicted molar refractivity (Wildman–Crippen MR) is 83.9 cm³/mol. The Hall–Kier alpha value is -1.42. The van der Waals surface area contributed by atoms with Crippen LogP contribution in [0.4, 0.5) is 4.39 Å². The molecule has 0 atom stereocenters. The highest BCUT2D eigenvalue weighted by Crippen LogP contribution is 2.23. The molecule has 0 saturated carbocycles. The van der Waals surface area contributed by atoms with Crippen LogP contribution in [-0.4, -0.2) is 29.2 Å². The molecule has 0 unspecified atom stereocenters. The third-order valence-electron chi connectivity index (χ3n) is 3.33. The van der Waals surface area contributed by atoms with Gasteiger partial charge in [0.05, 0.1) is 0 Å². The van der Waals surface area contributed by atoms with Crippen LogP contribution >= 0.6 is 15.9 Å². The Morgan fingerprint density at radius 2 is 1.90 bits per heavy atom. The number of carbonyl (C=O) groups is 1. The van der Waals surface area contributed by atoms with Crippen molar-refractivity contribution in [1.82, 2.24) is 4.90 Å². The van der Waals surface area contributed by atoms with E-state index in [0.717, 1.165) is 11.8 Å². The fourth-order valence-electron chi connectivity index (χ4n) is 2.27. The van der Waals surface area contributed by atoms with Crippen LogP contribution in [0.25, 0.3) is 10.8 Å². The van der Waals surface area contributed by atoms with Crippen molar-refractivity contribution in [2.24, 2.45) is 0 Å². The molecule has 2 aromatic rings. The number of hydrogen-bond acceptors (Lipinski definition) is 1. The van der Waals surface area contributed by atoms with Crippen molar-refractivity contribution in [3.63, 3.8) is 0 Å². The third-order valence-corrected chi connectivity index (χ3v) is 3.89. The molecule has 1 amide bonds. The SMILES string of the molecule is CCN(CCCBr)C(=O)c1ccc(F)c2ccccc12. The largest absolute Gasteiger partial charge is 0.339 e. The van der Waals surface area contributed by atoms with Gasteiger partial charge in [-0.2, -0.15) is 0 Å². The summed E-state index contributed by atoms with van der Waals surface area (Å²) in [7, 11) is 0. The molecule has 2 rings (SSSR count). The molecule has 0 heterocycles. The first-order valence-electron chi connectivity index (χ1n) is 6.71. The molecule has 0 aromatic heterocycles. The lowest BCUT2D eigenvalue weighted by Crippen LogP contribution is -2.32. The van der Waals surface area contributed by atoms with Gasteiger partial charge in [0.15, 0.2) is 0 Å². The topological polar surface area (TPSA) is 20.3 Å². The maximum atomic E-state index is 13.8. The van der Waals surface area contributed by atoms with Gasteiger partial charge in [0.25, 0.3) is 5.91 Å². The summed E-state index contributed by atoms with van der Waals surface area (Å²) in [5, 5.41) is 2.03. The molecular weight excluding hydrogens is 321 g/mol. The molecule has 0 saturated heterocycles. The summed E-state index contributed by atoms with van der Waals surface area (Å²) in [6.07, 6.45) is 0.901. The summed E-state index contributed by atoms with van der Waals surface area (Å²) in [4.78, 5) is 14.4. The first-order chi connectivity index (χ1) is 9.69. The molecule has 0 bridgehead atoms. The average molecular weight is 338 g/mol. The summed E-state index contributed by atoms with van der Waals surface area (Å²) in [6, 6.07) is 10.1. The Morgan fingerprint density at radius 1 is 1.20 bits per heavy atom. The number of nitrogens with zero attached hydrogens (tertiary/aromatic N) is 1. The molecular formula is C16H17BrFNO. The highest BCUT2D eigenvalue weighted by Gasteiger charge is 2.17. The van der Waals surface area contributed by atoms with Crippen LogP contribution in [0.15, 0.2) is 36.4 Å². The second-order valence-electron chi connectivity index (χ2n) is 4.57. The van der Waals surface area contributed by atoms with Gasteiger partial charge in [-0.3, -0.25) is 4.79 Å². The van der Waals surface area contributed by atoms with Gasteiger partial charge in [-0.15, -0.1) is 0 Å². The zero-order chi connectivity index (χ0) is 14.5. The molecule has 20 heavy (non-hydrogen) atoms. The Bertz CT molecular complexity index is 614. The minimum absolute atomic E-state index is 0.0374. The molecule has 0 fully saturated rings. The molecule has 0 spiro atoms. The molecule has 4 heteroatoms. The molecule has 2 aromatic carbocycles. The minimum Gasteiger partial charge on any atom is -0.339 e. The second-order valence-corrected chi connectivity index (χ2v) is 5.36. The molecule has 2 nitrogen and oxygen atoms in total. The third kappa shape index (κ3) is 3.01. The Morgan fingerprint density at radius 3 is 2.55 bits per heavy atom. The highest BCUT2D eigenvalue weighted by molar-refractivity contribution is 9.09. The van der Waals surface area contributed by atoms with E-state index in [1.165, 1.54) is 6.07 Å². The lowest BCUT2D eigenvalue weighted by atomic mass is 10.0. The smallest absolute Gasteiger partial charge is 0.254 e. The molecule has 0 aliphatic carbocycles. The summed E-state index contributed by atoms with van der Waals surface area (Å²) >= 11 is 3.37. The van der Waals surface area contributed by atoms with Crippen LogP contribution in [-0.2, 0) is 0 Å². The van der Waals surface area contributed by atoms with Gasteiger partial charge in [0.2, 0.25) is 0 Å². The lowest BCUT2D eigenvalue weighted by Gasteiger charge is -2.21. The number of benzene rings is 2. The molecule has 0 aliphatic heterocycles. The Balaban J connectivity index is 2.41. The van der Waals surface area contributed by atoms with Gasteiger partial charge in [0, 0.05) is 29.4 Å². The predicted octanol–water partition coefficient (Wildman–Crippen LogP) is 4.23. The summed E-state index contributed by atoms with van der Waals surface area (Å²) in [5.74, 6) is -0.328. The van der Waals surface area contributed by atoms with Crippen molar-refractivity contribution in [2.75, 3.05) is 18.4 Å². The van der Waals surface area contributed by atoms with Crippen LogP contribution < -0.4 is 0 Å². The Labute approximate surface area is 126 Å². The van der Waals surface area contributed by atoms with E-state index in [1.54, 1.807) is 29.2 Å². The number of amides is 1. The average Bonchev–Trinajstić information content (AvgIpc) is 2.48. The number of halogens is 2. The number of fused-ring (bicyclic) bond motifs is 1. The summed E-state index contributed by atoms with van der Waals surface area (Å²) in [5.41, 5.74) is 0.568. The fourth-order valence-corrected chi connectivity index (χ4v) is 2.52. The van der Waals surface area contributed by atoms with Crippen molar-refractivity contribution < 1.29 is 9.18 Å². The van der Waals surface area contributed by atoms with Gasteiger partial charge in [-0.25, -0.2) is 4.39 Å². The van der Waals surface area contributed by atoms with E-state index in [2.05, 4.69) is 15.9 Å². The highest BCUT2D eigenvalue weighted by atomic mass is 79.9. The monoisotopic (exact) mass is 337 g/mol. The number of alkyl halides is 1. The van der Waals surface area contributed by atoms with Crippen molar-refractivity contribution in [3.8, 4) is 0 Å². The summed E-state index contributed by atoms with van der Waals surface area (Å²) in [6.45, 7) is 3.31. The van der Waals surface area contributed by atoms with E-state index in [4.69, 9.17) is 0 Å². The molecule has 0 N–H and O–H groups in total. The van der Waals surface area contributed by atoms with Crippen LogP contribution in [0.3, 0.4) is 0 Å². The first kappa shape index (κ1) is 15.0. The van der Waals surface area contributed by atoms with Gasteiger partial charge in [-0.05, 0) is 30.9 Å². The lowest BCUT2D eigenvalue weighted by molar-refractivity contribution is 0.0767. The van der Waals surface area contributed by atoms with Gasteiger partial charge >= 0.3 is 0 Å². The van der Waals surface area contributed by atoms with E-state index < -0.39 is 0 Å². The van der Waals surface area contributed by atoms with Gasteiger partial charge in [-0.1, -0.05) is 40.2 Å². The summed E-state index contributed by atoms with van der Waals surface area (Å²) < 4.78 is 13.8. The second kappa shape index (κ2) is 6.84. The van der Waals surface area contributed by atoms with E-state index in [0.29, 0.717) is 29.4 Å². The van der Waals surface area contributed by atoms with Crippen molar-refractivity contribution in [1.29, 1.82) is 0 Å². The molecule has 106 valence electrons. The maximum Gasteiger partial charge on any atom is 0.254 e. The normalized spacial score (nSPS) is 10.8. The van der Waals surface area contributed by atoms with E-state index in [9.17, 15) is 9.18 Å². The van der Waals surface area contributed by atoms with Gasteiger partial charge < -0.3 is 4.90 Å². The standard InChI is InChI=1S/C16H17BrFNO/c1-2-19(11-5-10-17)16(20)14-8-9-15(18)13-7-4-3-6-12(13)14/h3-4,6-9H,2,5,10-11H2,1H3. The quantitative estimate of drug-likeness (QED) is 0.748. The zero-order valence-electron chi connectivity index (χ0n) is 11.4. The van der Waals surface area contributed by atoms with Crippen molar-refractivity contribution in [2.45, 2.75) is 13.3 Å². The minimum atomic E-state index is -0.291. The van der Waals surface area contributed by atoms with Crippen LogP contribution in [0.5, 0.6) is 0 Å². The van der Waals surface area contributed by atoms with Crippen molar-refractivity contribution >= 4 is 32.6 Å². The number of hydrogen-bond donors (Lipinski definition) is 0. The fraction of sp³-hybridized carbons (Fsp3) is 0.312. The maximum absolute atomic E-state index is 13.8.